The van der Waals surface area contributed by atoms with Crippen LogP contribution in [0.2, 0.25) is 5.02 Å². The fraction of sp³-hybridized carbons (Fsp3) is 0.235. The van der Waals surface area contributed by atoms with Crippen molar-refractivity contribution in [2.24, 2.45) is 0 Å². The minimum absolute atomic E-state index is 0.180. The summed E-state index contributed by atoms with van der Waals surface area (Å²) in [4.78, 5) is 36.5. The van der Waals surface area contributed by atoms with E-state index in [1.54, 1.807) is 30.3 Å². The van der Waals surface area contributed by atoms with Gasteiger partial charge < -0.3 is 10.1 Å². The van der Waals surface area contributed by atoms with Crippen molar-refractivity contribution < 1.29 is 19.1 Å². The Kier molecular flexibility index (Phi) is 6.99. The van der Waals surface area contributed by atoms with Gasteiger partial charge >= 0.3 is 5.97 Å². The second-order valence-corrected chi connectivity index (χ2v) is 6.83. The number of amides is 1. The minimum atomic E-state index is -0.420. The third-order valence-corrected chi connectivity index (χ3v) is 5.01. The molecule has 0 fully saturated rings. The van der Waals surface area contributed by atoms with Crippen LogP contribution < -0.4 is 5.32 Å². The van der Waals surface area contributed by atoms with Crippen LogP contribution in [0.15, 0.2) is 30.3 Å². The number of thiophene rings is 1. The van der Waals surface area contributed by atoms with Crippen LogP contribution in [0.25, 0.3) is 0 Å². The Hall–Kier alpha value is -1.89. The zero-order valence-corrected chi connectivity index (χ0v) is 15.6. The highest BCUT2D eigenvalue weighted by atomic mass is 35.5. The molecule has 8 heteroatoms. The fourth-order valence-corrected chi connectivity index (χ4v) is 3.46. The molecule has 2 rings (SSSR count). The molecule has 0 saturated heterocycles. The first-order valence-corrected chi connectivity index (χ1v) is 9.03. The van der Waals surface area contributed by atoms with Gasteiger partial charge in [0.1, 0.15) is 10.9 Å². The van der Waals surface area contributed by atoms with E-state index in [1.807, 2.05) is 0 Å². The normalized spacial score (nSPS) is 10.4. The van der Waals surface area contributed by atoms with Crippen molar-refractivity contribution in [2.75, 3.05) is 18.3 Å². The molecule has 25 heavy (non-hydrogen) atoms. The van der Waals surface area contributed by atoms with Gasteiger partial charge in [-0.05, 0) is 24.6 Å². The Labute approximate surface area is 158 Å². The molecule has 2 aromatic rings. The summed E-state index contributed by atoms with van der Waals surface area (Å²) in [5.74, 6) is -1.30. The quantitative estimate of drug-likeness (QED) is 0.435. The molecule has 0 bridgehead atoms. The van der Waals surface area contributed by atoms with Gasteiger partial charge in [0, 0.05) is 10.4 Å². The van der Waals surface area contributed by atoms with Crippen molar-refractivity contribution in [2.45, 2.75) is 12.8 Å². The van der Waals surface area contributed by atoms with E-state index in [0.29, 0.717) is 27.6 Å². The topological polar surface area (TPSA) is 72.5 Å². The van der Waals surface area contributed by atoms with Crippen LogP contribution in [0.1, 0.15) is 27.2 Å². The molecule has 1 N–H and O–H groups in total. The van der Waals surface area contributed by atoms with Gasteiger partial charge in [0.15, 0.2) is 5.78 Å². The molecule has 0 aliphatic rings. The maximum absolute atomic E-state index is 12.8. The Morgan fingerprint density at radius 2 is 1.92 bits per heavy atom. The van der Waals surface area contributed by atoms with Crippen molar-refractivity contribution in [3.8, 4) is 0 Å². The van der Waals surface area contributed by atoms with E-state index in [0.717, 1.165) is 4.88 Å². The van der Waals surface area contributed by atoms with Gasteiger partial charge in [-0.1, -0.05) is 23.7 Å². The van der Waals surface area contributed by atoms with Gasteiger partial charge in [0.25, 0.3) is 0 Å². The highest BCUT2D eigenvalue weighted by Gasteiger charge is 2.21. The maximum Gasteiger partial charge on any atom is 0.305 e. The summed E-state index contributed by atoms with van der Waals surface area (Å²) in [6.07, 6.45) is 0.580. The summed E-state index contributed by atoms with van der Waals surface area (Å²) in [6, 6.07) is 8.33. The Morgan fingerprint density at radius 1 is 1.20 bits per heavy atom. The van der Waals surface area contributed by atoms with Crippen molar-refractivity contribution in [3.05, 3.63) is 51.4 Å². The van der Waals surface area contributed by atoms with E-state index in [2.05, 4.69) is 10.1 Å². The molecule has 0 unspecified atom stereocenters. The zero-order valence-electron chi connectivity index (χ0n) is 13.3. The highest BCUT2D eigenvalue weighted by Crippen LogP contribution is 2.32. The molecule has 5 nitrogen and oxygen atoms in total. The minimum Gasteiger partial charge on any atom is -0.469 e. The first-order valence-electron chi connectivity index (χ1n) is 7.30. The van der Waals surface area contributed by atoms with E-state index in [1.165, 1.54) is 18.4 Å². The van der Waals surface area contributed by atoms with Crippen molar-refractivity contribution in [1.29, 1.82) is 0 Å². The van der Waals surface area contributed by atoms with E-state index < -0.39 is 5.91 Å². The van der Waals surface area contributed by atoms with Gasteiger partial charge in [-0.15, -0.1) is 22.9 Å². The lowest BCUT2D eigenvalue weighted by Gasteiger charge is -2.05. The Bertz CT molecular complexity index is 804. The summed E-state index contributed by atoms with van der Waals surface area (Å²) < 4.78 is 4.62. The molecule has 0 radical (unpaired) electrons. The first kappa shape index (κ1) is 19.4. The largest absolute Gasteiger partial charge is 0.469 e. The summed E-state index contributed by atoms with van der Waals surface area (Å²) >= 11 is 12.8. The summed E-state index contributed by atoms with van der Waals surface area (Å²) in [6.45, 7) is 0. The van der Waals surface area contributed by atoms with Crippen LogP contribution in [0.3, 0.4) is 0 Å². The van der Waals surface area contributed by atoms with Crippen molar-refractivity contribution >= 4 is 57.2 Å². The lowest BCUT2D eigenvalue weighted by atomic mass is 10.0. The van der Waals surface area contributed by atoms with Gasteiger partial charge in [-0.25, -0.2) is 0 Å². The molecule has 132 valence electrons. The second-order valence-electron chi connectivity index (χ2n) is 5.02. The number of anilines is 1. The number of rotatable bonds is 7. The van der Waals surface area contributed by atoms with Crippen LogP contribution in [0.4, 0.5) is 5.00 Å². The van der Waals surface area contributed by atoms with Gasteiger partial charge in [0.05, 0.1) is 24.1 Å². The third-order valence-electron chi connectivity index (χ3n) is 3.32. The number of ketones is 1. The lowest BCUT2D eigenvalue weighted by Crippen LogP contribution is -2.14. The second kappa shape index (κ2) is 8.99. The van der Waals surface area contributed by atoms with E-state index >= 15 is 0 Å². The summed E-state index contributed by atoms with van der Waals surface area (Å²) in [5.41, 5.74) is 0.652. The Balaban J connectivity index is 2.34. The SMILES string of the molecule is COC(=O)CCc1cc(C(=O)c2ccccc2Cl)c(NC(=O)CCl)s1. The smallest absolute Gasteiger partial charge is 0.305 e. The number of aryl methyl sites for hydroxylation is 1. The van der Waals surface area contributed by atoms with Crippen molar-refractivity contribution in [1.82, 2.24) is 0 Å². The number of alkyl halides is 1. The number of hydrogen-bond donors (Lipinski definition) is 1. The van der Waals surface area contributed by atoms with Crippen LogP contribution in [0, 0.1) is 0 Å². The van der Waals surface area contributed by atoms with Gasteiger partial charge in [0.2, 0.25) is 5.91 Å². The Morgan fingerprint density at radius 3 is 2.56 bits per heavy atom. The number of nitrogens with one attached hydrogen (secondary N) is 1. The molecule has 0 saturated carbocycles. The van der Waals surface area contributed by atoms with E-state index in [9.17, 15) is 14.4 Å². The van der Waals surface area contributed by atoms with Crippen molar-refractivity contribution in [3.63, 3.8) is 0 Å². The van der Waals surface area contributed by atoms with Crippen LogP contribution >= 0.6 is 34.5 Å². The molecule has 1 amide bonds. The molecule has 1 aromatic carbocycles. The molecular formula is C17H15Cl2NO4S. The fourth-order valence-electron chi connectivity index (χ4n) is 2.10. The van der Waals surface area contributed by atoms with E-state index in [-0.39, 0.29) is 24.1 Å². The number of carbonyl (C=O) groups is 3. The number of halogens is 2. The van der Waals surface area contributed by atoms with E-state index in [4.69, 9.17) is 23.2 Å². The van der Waals surface area contributed by atoms with Crippen LogP contribution in [0.5, 0.6) is 0 Å². The standard InChI is InChI=1S/C17H15Cl2NO4S/c1-24-15(22)7-6-10-8-12(17(25-10)20-14(21)9-18)16(23)11-4-2-3-5-13(11)19/h2-5,8H,6-7,9H2,1H3,(H,20,21). The molecule has 1 heterocycles. The van der Waals surface area contributed by atoms with Gasteiger partial charge in [-0.2, -0.15) is 0 Å². The monoisotopic (exact) mass is 399 g/mol. The zero-order chi connectivity index (χ0) is 18.4. The average Bonchev–Trinajstić information content (AvgIpc) is 3.02. The molecule has 0 aliphatic heterocycles. The lowest BCUT2D eigenvalue weighted by molar-refractivity contribution is -0.140. The number of ether oxygens (including phenoxy) is 1. The number of carbonyl (C=O) groups excluding carboxylic acids is 3. The van der Waals surface area contributed by atoms with Gasteiger partial charge in [-0.3, -0.25) is 14.4 Å². The maximum atomic E-state index is 12.8. The third kappa shape index (κ3) is 5.04. The summed E-state index contributed by atoms with van der Waals surface area (Å²) in [5, 5.41) is 3.33. The number of esters is 1. The number of hydrogen-bond acceptors (Lipinski definition) is 5. The van der Waals surface area contributed by atoms with Crippen LogP contribution in [-0.2, 0) is 20.7 Å². The molecular weight excluding hydrogens is 385 g/mol. The number of benzene rings is 1. The molecule has 1 aromatic heterocycles. The predicted molar refractivity (Wildman–Crippen MR) is 98.9 cm³/mol. The molecule has 0 spiro atoms. The summed E-state index contributed by atoms with van der Waals surface area (Å²) in [7, 11) is 1.31. The van der Waals surface area contributed by atoms with Crippen LogP contribution in [-0.4, -0.2) is 30.6 Å². The average molecular weight is 400 g/mol. The first-order chi connectivity index (χ1) is 12.0. The molecule has 0 aliphatic carbocycles. The predicted octanol–water partition coefficient (Wildman–Crippen LogP) is 3.92. The number of methoxy groups -OCH3 is 1. The highest BCUT2D eigenvalue weighted by molar-refractivity contribution is 7.16. The molecule has 0 atom stereocenters.